The molecular formula is C14H12F2N4O. The van der Waals surface area contributed by atoms with Crippen LogP contribution in [0, 0.1) is 11.6 Å². The highest BCUT2D eigenvalue weighted by Crippen LogP contribution is 2.22. The van der Waals surface area contributed by atoms with Crippen LogP contribution in [0.15, 0.2) is 30.6 Å². The topological polar surface area (TPSA) is 66.0 Å². The summed E-state index contributed by atoms with van der Waals surface area (Å²) in [6, 6.07) is 3.99. The van der Waals surface area contributed by atoms with Crippen molar-refractivity contribution in [2.24, 2.45) is 7.05 Å². The molecule has 0 radical (unpaired) electrons. The van der Waals surface area contributed by atoms with Crippen LogP contribution in [0.2, 0.25) is 0 Å². The van der Waals surface area contributed by atoms with E-state index in [1.165, 1.54) is 12.3 Å². The number of rotatable bonds is 3. The summed E-state index contributed by atoms with van der Waals surface area (Å²) in [5.41, 5.74) is 6.57. The van der Waals surface area contributed by atoms with Crippen molar-refractivity contribution >= 4 is 16.7 Å². The van der Waals surface area contributed by atoms with Crippen molar-refractivity contribution in [3.05, 3.63) is 47.8 Å². The zero-order chi connectivity index (χ0) is 15.0. The number of nitrogen functional groups attached to an aromatic ring is 1. The minimum Gasteiger partial charge on any atom is -0.487 e. The van der Waals surface area contributed by atoms with E-state index in [0.717, 1.165) is 11.6 Å². The molecular weight excluding hydrogens is 278 g/mol. The number of hydrogen-bond donors (Lipinski definition) is 1. The standard InChI is InChI=1S/C14H12F2N4O/c1-20-13-4-8(5-18-12(13)6-19-20)21-7-9-10(15)2-3-11(17)14(9)16/h2-6H,7,17H2,1H3. The molecule has 0 spiro atoms. The number of ether oxygens (including phenoxy) is 1. The largest absolute Gasteiger partial charge is 0.487 e. The SMILES string of the molecule is Cn1ncc2ncc(OCc3c(F)ccc(N)c3F)cc21. The average molecular weight is 290 g/mol. The average Bonchev–Trinajstić information content (AvgIpc) is 2.84. The number of benzene rings is 1. The fourth-order valence-corrected chi connectivity index (χ4v) is 1.99. The van der Waals surface area contributed by atoms with Gasteiger partial charge in [0.05, 0.1) is 29.2 Å². The molecule has 7 heteroatoms. The number of nitrogens with zero attached hydrogens (tertiary/aromatic N) is 3. The summed E-state index contributed by atoms with van der Waals surface area (Å²) in [5, 5.41) is 4.06. The fraction of sp³-hybridized carbons (Fsp3) is 0.143. The molecule has 0 saturated carbocycles. The Balaban J connectivity index is 1.86. The number of halogens is 2. The Morgan fingerprint density at radius 2 is 2.10 bits per heavy atom. The van der Waals surface area contributed by atoms with Gasteiger partial charge in [0, 0.05) is 13.1 Å². The monoisotopic (exact) mass is 290 g/mol. The molecule has 0 bridgehead atoms. The van der Waals surface area contributed by atoms with E-state index in [4.69, 9.17) is 10.5 Å². The first-order chi connectivity index (χ1) is 10.1. The third-order valence-electron chi connectivity index (χ3n) is 3.17. The summed E-state index contributed by atoms with van der Waals surface area (Å²) < 4.78 is 34.4. The highest BCUT2D eigenvalue weighted by Gasteiger charge is 2.13. The zero-order valence-electron chi connectivity index (χ0n) is 11.2. The summed E-state index contributed by atoms with van der Waals surface area (Å²) in [6.07, 6.45) is 3.10. The van der Waals surface area contributed by atoms with E-state index in [-0.39, 0.29) is 17.9 Å². The second-order valence-corrected chi connectivity index (χ2v) is 4.56. The molecule has 2 heterocycles. The Bertz CT molecular complexity index is 816. The molecule has 108 valence electrons. The van der Waals surface area contributed by atoms with Gasteiger partial charge >= 0.3 is 0 Å². The molecule has 2 aromatic heterocycles. The van der Waals surface area contributed by atoms with E-state index in [1.807, 2.05) is 0 Å². The Morgan fingerprint density at radius 1 is 1.29 bits per heavy atom. The molecule has 5 nitrogen and oxygen atoms in total. The summed E-state index contributed by atoms with van der Waals surface area (Å²) in [6.45, 7) is -0.270. The van der Waals surface area contributed by atoms with Crippen molar-refractivity contribution in [1.82, 2.24) is 14.8 Å². The van der Waals surface area contributed by atoms with Gasteiger partial charge in [-0.2, -0.15) is 5.10 Å². The number of fused-ring (bicyclic) bond motifs is 1. The van der Waals surface area contributed by atoms with Crippen molar-refractivity contribution in [2.45, 2.75) is 6.61 Å². The van der Waals surface area contributed by atoms with Crippen molar-refractivity contribution in [3.63, 3.8) is 0 Å². The van der Waals surface area contributed by atoms with Gasteiger partial charge < -0.3 is 10.5 Å². The van der Waals surface area contributed by atoms with E-state index in [1.54, 1.807) is 24.0 Å². The lowest BCUT2D eigenvalue weighted by molar-refractivity contribution is 0.292. The van der Waals surface area contributed by atoms with Gasteiger partial charge in [0.25, 0.3) is 0 Å². The van der Waals surface area contributed by atoms with E-state index in [9.17, 15) is 8.78 Å². The van der Waals surface area contributed by atoms with Crippen LogP contribution in [0.4, 0.5) is 14.5 Å². The molecule has 0 aliphatic rings. The Labute approximate surface area is 119 Å². The first-order valence-corrected chi connectivity index (χ1v) is 6.19. The molecule has 1 aromatic carbocycles. The minimum absolute atomic E-state index is 0.116. The summed E-state index contributed by atoms with van der Waals surface area (Å²) in [5.74, 6) is -1.10. The maximum Gasteiger partial charge on any atom is 0.155 e. The lowest BCUT2D eigenvalue weighted by Crippen LogP contribution is -2.05. The van der Waals surface area contributed by atoms with Gasteiger partial charge in [0.15, 0.2) is 5.82 Å². The summed E-state index contributed by atoms with van der Waals surface area (Å²) >= 11 is 0. The quantitative estimate of drug-likeness (QED) is 0.752. The highest BCUT2D eigenvalue weighted by molar-refractivity contribution is 5.75. The Morgan fingerprint density at radius 3 is 2.90 bits per heavy atom. The predicted molar refractivity (Wildman–Crippen MR) is 73.6 cm³/mol. The number of anilines is 1. The van der Waals surface area contributed by atoms with Gasteiger partial charge in [-0.1, -0.05) is 0 Å². The summed E-state index contributed by atoms with van der Waals surface area (Å²) in [4.78, 5) is 4.16. The third-order valence-corrected chi connectivity index (χ3v) is 3.17. The van der Waals surface area contributed by atoms with Crippen LogP contribution < -0.4 is 10.5 Å². The molecule has 0 unspecified atom stereocenters. The molecule has 0 aliphatic heterocycles. The molecule has 21 heavy (non-hydrogen) atoms. The molecule has 0 amide bonds. The van der Waals surface area contributed by atoms with Gasteiger partial charge in [-0.05, 0) is 12.1 Å². The van der Waals surface area contributed by atoms with Crippen molar-refractivity contribution in [1.29, 1.82) is 0 Å². The fourth-order valence-electron chi connectivity index (χ4n) is 1.99. The van der Waals surface area contributed by atoms with E-state index in [2.05, 4.69) is 10.1 Å². The first-order valence-electron chi connectivity index (χ1n) is 6.19. The Kier molecular flexibility index (Phi) is 3.17. The molecule has 0 fully saturated rings. The third kappa shape index (κ3) is 2.37. The van der Waals surface area contributed by atoms with E-state index < -0.39 is 11.6 Å². The van der Waals surface area contributed by atoms with Gasteiger partial charge in [0.1, 0.15) is 23.7 Å². The van der Waals surface area contributed by atoms with Gasteiger partial charge in [-0.3, -0.25) is 4.68 Å². The van der Waals surface area contributed by atoms with Crippen LogP contribution >= 0.6 is 0 Å². The number of nitrogens with two attached hydrogens (primary N) is 1. The molecule has 3 rings (SSSR count). The maximum atomic E-state index is 13.8. The van der Waals surface area contributed by atoms with Crippen molar-refractivity contribution in [2.75, 3.05) is 5.73 Å². The minimum atomic E-state index is -0.801. The number of aromatic nitrogens is 3. The lowest BCUT2D eigenvalue weighted by Gasteiger charge is -2.09. The summed E-state index contributed by atoms with van der Waals surface area (Å²) in [7, 11) is 1.77. The highest BCUT2D eigenvalue weighted by atomic mass is 19.1. The number of pyridine rings is 1. The maximum absolute atomic E-state index is 13.8. The van der Waals surface area contributed by atoms with Crippen molar-refractivity contribution < 1.29 is 13.5 Å². The van der Waals surface area contributed by atoms with Gasteiger partial charge in [-0.25, -0.2) is 13.8 Å². The Hall–Kier alpha value is -2.70. The first kappa shape index (κ1) is 13.3. The predicted octanol–water partition coefficient (Wildman–Crippen LogP) is 2.41. The smallest absolute Gasteiger partial charge is 0.155 e. The second kappa shape index (κ2) is 5.01. The number of aryl methyl sites for hydroxylation is 1. The van der Waals surface area contributed by atoms with Crippen LogP contribution in [-0.2, 0) is 13.7 Å². The molecule has 0 atom stereocenters. The molecule has 2 N–H and O–H groups in total. The van der Waals surface area contributed by atoms with Crippen LogP contribution in [0.25, 0.3) is 11.0 Å². The van der Waals surface area contributed by atoms with Crippen molar-refractivity contribution in [3.8, 4) is 5.75 Å². The van der Waals surface area contributed by atoms with Gasteiger partial charge in [-0.15, -0.1) is 0 Å². The molecule has 3 aromatic rings. The van der Waals surface area contributed by atoms with E-state index in [0.29, 0.717) is 11.3 Å². The lowest BCUT2D eigenvalue weighted by atomic mass is 10.2. The normalized spacial score (nSPS) is 11.0. The zero-order valence-corrected chi connectivity index (χ0v) is 11.2. The molecule has 0 saturated heterocycles. The van der Waals surface area contributed by atoms with Gasteiger partial charge in [0.2, 0.25) is 0 Å². The van der Waals surface area contributed by atoms with Crippen LogP contribution in [0.5, 0.6) is 5.75 Å². The van der Waals surface area contributed by atoms with Crippen LogP contribution in [-0.4, -0.2) is 14.8 Å². The number of hydrogen-bond acceptors (Lipinski definition) is 4. The second-order valence-electron chi connectivity index (χ2n) is 4.56. The molecule has 0 aliphatic carbocycles. The van der Waals surface area contributed by atoms with Crippen LogP contribution in [0.1, 0.15) is 5.56 Å². The van der Waals surface area contributed by atoms with E-state index >= 15 is 0 Å². The van der Waals surface area contributed by atoms with Crippen LogP contribution in [0.3, 0.4) is 0 Å².